The average molecular weight is 644 g/mol. The molecule has 7 heteroatoms. The zero-order chi connectivity index (χ0) is 34.6. The fraction of sp³-hybridized carbons (Fsp3) is 0.220. The smallest absolute Gasteiger partial charge is 0.214 e. The van der Waals surface area contributed by atoms with Crippen LogP contribution >= 0.6 is 0 Å². The molecule has 2 aromatic carbocycles. The van der Waals surface area contributed by atoms with E-state index in [1.807, 2.05) is 61.1 Å². The maximum absolute atomic E-state index is 11.3. The van der Waals surface area contributed by atoms with E-state index in [1.54, 1.807) is 30.6 Å². The molecule has 1 aromatic heterocycles. The average Bonchev–Trinajstić information content (AvgIpc) is 3.09. The van der Waals surface area contributed by atoms with E-state index in [4.69, 9.17) is 0 Å². The summed E-state index contributed by atoms with van der Waals surface area (Å²) in [6.07, 6.45) is 22.3. The van der Waals surface area contributed by atoms with E-state index >= 15 is 0 Å². The van der Waals surface area contributed by atoms with E-state index in [2.05, 4.69) is 72.5 Å². The number of benzene rings is 2. The quantitative estimate of drug-likeness (QED) is 0.0419. The van der Waals surface area contributed by atoms with Crippen molar-refractivity contribution in [2.45, 2.75) is 46.0 Å². The van der Waals surface area contributed by atoms with E-state index in [-0.39, 0.29) is 0 Å². The number of nitrogens with zero attached hydrogens (tertiary/aromatic N) is 1. The second-order valence-corrected chi connectivity index (χ2v) is 11.6. The number of aromatic nitrogens is 1. The van der Waals surface area contributed by atoms with Crippen molar-refractivity contribution >= 4 is 30.1 Å². The van der Waals surface area contributed by atoms with E-state index in [0.29, 0.717) is 48.6 Å². The molecule has 0 saturated heterocycles. The maximum Gasteiger partial charge on any atom is 0.214 e. The standard InChI is InChI=1S/C41H46N4O3/c1-32(2)38-10-5-7-12-40(38)44-26-16-36(21-31-48)34(19-29-46)14-24-42-22-9-23-43-25-15-35(20-30-47)37-17-27-45(28-18-37)41-13-8-6-11-39(41)33(3)4/h5-8,10-21,24-33H,9,22-23H2,1-4H3,(H2-,42,43,44,46,47,48)/p+1. The zero-order valence-electron chi connectivity index (χ0n) is 28.3. The summed E-state index contributed by atoms with van der Waals surface area (Å²) in [7, 11) is 0. The molecule has 0 atom stereocenters. The van der Waals surface area contributed by atoms with Crippen molar-refractivity contribution in [3.63, 3.8) is 0 Å². The van der Waals surface area contributed by atoms with Crippen molar-refractivity contribution in [1.29, 1.82) is 0 Å². The van der Waals surface area contributed by atoms with Gasteiger partial charge in [-0.25, -0.2) is 0 Å². The minimum atomic E-state index is 0.357. The van der Waals surface area contributed by atoms with Crippen LogP contribution in [0, 0.1) is 0 Å². The third-order valence-corrected chi connectivity index (χ3v) is 7.56. The Labute approximate surface area is 285 Å². The molecular formula is C41H47N4O3+. The fourth-order valence-electron chi connectivity index (χ4n) is 5.06. The highest BCUT2D eigenvalue weighted by Crippen LogP contribution is 2.24. The van der Waals surface area contributed by atoms with Gasteiger partial charge >= 0.3 is 0 Å². The van der Waals surface area contributed by atoms with Crippen LogP contribution in [0.4, 0.5) is 5.69 Å². The molecule has 0 bridgehead atoms. The van der Waals surface area contributed by atoms with E-state index in [9.17, 15) is 14.4 Å². The summed E-state index contributed by atoms with van der Waals surface area (Å²) >= 11 is 0. The molecule has 0 unspecified atom stereocenters. The third kappa shape index (κ3) is 11.7. The van der Waals surface area contributed by atoms with Gasteiger partial charge in [-0.05, 0) is 101 Å². The van der Waals surface area contributed by atoms with Gasteiger partial charge in [-0.3, -0.25) is 14.4 Å². The maximum atomic E-state index is 11.3. The number of anilines is 1. The van der Waals surface area contributed by atoms with E-state index in [1.165, 1.54) is 23.3 Å². The van der Waals surface area contributed by atoms with Crippen LogP contribution in [-0.4, -0.2) is 31.9 Å². The first-order valence-electron chi connectivity index (χ1n) is 16.3. The minimum absolute atomic E-state index is 0.357. The van der Waals surface area contributed by atoms with Crippen molar-refractivity contribution in [2.75, 3.05) is 18.4 Å². The number of hydrogen-bond donors (Lipinski definition) is 3. The normalized spacial score (nSPS) is 12.8. The van der Waals surface area contributed by atoms with Gasteiger partial charge in [-0.15, -0.1) is 0 Å². The monoisotopic (exact) mass is 643 g/mol. The van der Waals surface area contributed by atoms with Gasteiger partial charge in [-0.1, -0.05) is 64.1 Å². The van der Waals surface area contributed by atoms with Crippen LogP contribution in [0.1, 0.15) is 62.6 Å². The lowest BCUT2D eigenvalue weighted by Crippen LogP contribution is -2.31. The van der Waals surface area contributed by atoms with Gasteiger partial charge in [0.25, 0.3) is 0 Å². The number of nitrogens with one attached hydrogen (secondary N) is 3. The molecule has 0 radical (unpaired) electrons. The molecular weight excluding hydrogens is 596 g/mol. The van der Waals surface area contributed by atoms with E-state index in [0.717, 1.165) is 35.2 Å². The Balaban J connectivity index is 1.50. The van der Waals surface area contributed by atoms with Crippen molar-refractivity contribution in [1.82, 2.24) is 10.6 Å². The Kier molecular flexibility index (Phi) is 15.8. The molecule has 0 aliphatic heterocycles. The molecule has 3 rings (SSSR count). The lowest BCUT2D eigenvalue weighted by molar-refractivity contribution is -0.596. The van der Waals surface area contributed by atoms with Gasteiger partial charge in [0.05, 0.1) is 0 Å². The van der Waals surface area contributed by atoms with Crippen LogP contribution in [0.5, 0.6) is 0 Å². The van der Waals surface area contributed by atoms with Crippen LogP contribution in [0.15, 0.2) is 139 Å². The van der Waals surface area contributed by atoms with Gasteiger partial charge < -0.3 is 16.0 Å². The summed E-state index contributed by atoms with van der Waals surface area (Å²) in [5.74, 6) is 0.763. The second-order valence-electron chi connectivity index (χ2n) is 11.6. The number of para-hydroxylation sites is 2. The summed E-state index contributed by atoms with van der Waals surface area (Å²) in [5, 5.41) is 9.80. The topological polar surface area (TPSA) is 91.2 Å². The Hall–Kier alpha value is -5.56. The van der Waals surface area contributed by atoms with Crippen molar-refractivity contribution < 1.29 is 19.0 Å². The molecule has 3 aromatic rings. The van der Waals surface area contributed by atoms with Crippen LogP contribution in [-0.2, 0) is 14.4 Å². The summed E-state index contributed by atoms with van der Waals surface area (Å²) in [6.45, 7) is 10.0. The SMILES string of the molecule is CC(C)c1ccccc1NC=CC(=CC=O)C(C=CNCCCNC=CC(=CC=O)c1cc[n+](-c2ccccc2C(C)C)cc1)=CC=O. The number of carbonyl (C=O) groups excluding carboxylic acids is 3. The molecule has 0 spiro atoms. The third-order valence-electron chi connectivity index (χ3n) is 7.56. The van der Waals surface area contributed by atoms with Gasteiger partial charge in [0.1, 0.15) is 18.9 Å². The molecule has 0 aliphatic rings. The molecule has 0 amide bonds. The molecule has 7 nitrogen and oxygen atoms in total. The van der Waals surface area contributed by atoms with Crippen molar-refractivity contribution in [3.05, 3.63) is 156 Å². The fourth-order valence-corrected chi connectivity index (χ4v) is 5.06. The number of aldehydes is 3. The highest BCUT2D eigenvalue weighted by Gasteiger charge is 2.14. The Morgan fingerprint density at radius 3 is 1.79 bits per heavy atom. The molecule has 0 aliphatic carbocycles. The van der Waals surface area contributed by atoms with Crippen LogP contribution in [0.2, 0.25) is 0 Å². The van der Waals surface area contributed by atoms with Crippen molar-refractivity contribution in [2.24, 2.45) is 0 Å². The first-order chi connectivity index (χ1) is 23.4. The van der Waals surface area contributed by atoms with Crippen LogP contribution in [0.25, 0.3) is 11.3 Å². The van der Waals surface area contributed by atoms with Gasteiger partial charge in [0, 0.05) is 48.7 Å². The summed E-state index contributed by atoms with van der Waals surface area (Å²) < 4.78 is 2.10. The predicted molar refractivity (Wildman–Crippen MR) is 197 cm³/mol. The number of pyridine rings is 1. The number of carbonyl (C=O) groups is 3. The van der Waals surface area contributed by atoms with Gasteiger partial charge in [-0.2, -0.15) is 4.57 Å². The summed E-state index contributed by atoms with van der Waals surface area (Å²) in [5.41, 5.74) is 7.55. The molecule has 48 heavy (non-hydrogen) atoms. The number of hydrogen-bond acceptors (Lipinski definition) is 6. The van der Waals surface area contributed by atoms with Gasteiger partial charge in [0.2, 0.25) is 5.69 Å². The Bertz CT molecular complexity index is 1680. The Morgan fingerprint density at radius 2 is 1.19 bits per heavy atom. The van der Waals surface area contributed by atoms with Crippen molar-refractivity contribution in [3.8, 4) is 5.69 Å². The van der Waals surface area contributed by atoms with Crippen LogP contribution in [0.3, 0.4) is 0 Å². The Morgan fingerprint density at radius 1 is 0.646 bits per heavy atom. The predicted octanol–water partition coefficient (Wildman–Crippen LogP) is 7.27. The minimum Gasteiger partial charge on any atom is -0.391 e. The molecule has 248 valence electrons. The lowest BCUT2D eigenvalue weighted by atomic mass is 10.0. The summed E-state index contributed by atoms with van der Waals surface area (Å²) in [6, 6.07) is 20.4. The molecule has 1 heterocycles. The first kappa shape index (κ1) is 36.9. The molecule has 3 N–H and O–H groups in total. The van der Waals surface area contributed by atoms with Crippen LogP contribution < -0.4 is 20.5 Å². The van der Waals surface area contributed by atoms with E-state index < -0.39 is 0 Å². The van der Waals surface area contributed by atoms with Gasteiger partial charge in [0.15, 0.2) is 12.4 Å². The zero-order valence-corrected chi connectivity index (χ0v) is 28.3. The number of rotatable bonds is 19. The summed E-state index contributed by atoms with van der Waals surface area (Å²) in [4.78, 5) is 34.0. The highest BCUT2D eigenvalue weighted by atomic mass is 16.1. The highest BCUT2D eigenvalue weighted by molar-refractivity contribution is 5.86. The number of allylic oxidation sites excluding steroid dienone is 9. The molecule has 0 fully saturated rings. The lowest BCUT2D eigenvalue weighted by Gasteiger charge is -2.12. The first-order valence-corrected chi connectivity index (χ1v) is 16.3. The largest absolute Gasteiger partial charge is 0.391 e. The second kappa shape index (κ2) is 20.5. The molecule has 0 saturated carbocycles.